The Labute approximate surface area is 194 Å². The maximum absolute atomic E-state index is 12.5. The van der Waals surface area contributed by atoms with Crippen LogP contribution in [0.15, 0.2) is 35.7 Å². The van der Waals surface area contributed by atoms with E-state index in [9.17, 15) is 9.59 Å². The number of methoxy groups -OCH3 is 1. The molecule has 0 saturated heterocycles. The largest absolute Gasteiger partial charge is 0.493 e. The average molecular weight is 476 g/mol. The first kappa shape index (κ1) is 23.5. The molecule has 2 heterocycles. The number of nitrogens with zero attached hydrogens (tertiary/aromatic N) is 2. The molecule has 0 bridgehead atoms. The maximum atomic E-state index is 12.5. The molecule has 0 aliphatic carbocycles. The van der Waals surface area contributed by atoms with E-state index in [0.717, 1.165) is 11.3 Å². The molecule has 32 heavy (non-hydrogen) atoms. The molecule has 0 saturated carbocycles. The van der Waals surface area contributed by atoms with Gasteiger partial charge in [0.1, 0.15) is 6.54 Å². The first-order chi connectivity index (χ1) is 15.4. The standard InChI is InChI=1S/C21H25N5O4S2/c1-13(2)8-9-30-15-7-6-14(11-16(15)29-3)20(28)24-22-18(27)12-26-19(23-25-21(26)31)17-5-4-10-32-17/h4-7,10-11,13H,8-9,12H2,1-3H3,(H,22,27)(H,24,28)(H,25,31). The van der Waals surface area contributed by atoms with Crippen LogP contribution in [0.2, 0.25) is 0 Å². The molecule has 0 aliphatic heterocycles. The summed E-state index contributed by atoms with van der Waals surface area (Å²) in [4.78, 5) is 25.8. The van der Waals surface area contributed by atoms with Gasteiger partial charge in [-0.2, -0.15) is 5.10 Å². The molecule has 3 rings (SSSR count). The van der Waals surface area contributed by atoms with Crippen LogP contribution in [0.1, 0.15) is 30.6 Å². The zero-order valence-corrected chi connectivity index (χ0v) is 19.6. The van der Waals surface area contributed by atoms with E-state index >= 15 is 0 Å². The molecular weight excluding hydrogens is 450 g/mol. The second-order valence-electron chi connectivity index (χ2n) is 7.31. The van der Waals surface area contributed by atoms with Gasteiger partial charge < -0.3 is 9.47 Å². The fraction of sp³-hybridized carbons (Fsp3) is 0.333. The Bertz CT molecular complexity index is 1120. The first-order valence-electron chi connectivity index (χ1n) is 9.98. The van der Waals surface area contributed by atoms with Crippen LogP contribution in [0, 0.1) is 10.7 Å². The third-order valence-corrected chi connectivity index (χ3v) is 5.67. The first-order valence-corrected chi connectivity index (χ1v) is 11.3. The van der Waals surface area contributed by atoms with Gasteiger partial charge in [0.2, 0.25) is 0 Å². The molecule has 0 radical (unpaired) electrons. The lowest BCUT2D eigenvalue weighted by Crippen LogP contribution is -2.43. The van der Waals surface area contributed by atoms with Crippen LogP contribution in [-0.4, -0.2) is 40.3 Å². The number of ether oxygens (including phenoxy) is 2. The lowest BCUT2D eigenvalue weighted by atomic mass is 10.1. The average Bonchev–Trinajstić information content (AvgIpc) is 3.42. The fourth-order valence-electron chi connectivity index (χ4n) is 2.77. The fourth-order valence-corrected chi connectivity index (χ4v) is 3.69. The van der Waals surface area contributed by atoms with Crippen molar-refractivity contribution in [3.05, 3.63) is 46.0 Å². The summed E-state index contributed by atoms with van der Waals surface area (Å²) in [5, 5.41) is 8.77. The summed E-state index contributed by atoms with van der Waals surface area (Å²) >= 11 is 6.70. The zero-order chi connectivity index (χ0) is 23.1. The normalized spacial score (nSPS) is 10.8. The lowest BCUT2D eigenvalue weighted by Gasteiger charge is -2.13. The number of hydrogen-bond donors (Lipinski definition) is 3. The number of aromatic amines is 1. The molecule has 0 unspecified atom stereocenters. The minimum absolute atomic E-state index is 0.102. The number of carbonyl (C=O) groups excluding carboxylic acids is 2. The number of nitrogens with one attached hydrogen (secondary N) is 3. The van der Waals surface area contributed by atoms with Gasteiger partial charge in [-0.1, -0.05) is 19.9 Å². The van der Waals surface area contributed by atoms with Gasteiger partial charge in [-0.05, 0) is 54.2 Å². The van der Waals surface area contributed by atoms with Gasteiger partial charge in [0.05, 0.1) is 18.6 Å². The van der Waals surface area contributed by atoms with E-state index in [1.54, 1.807) is 22.8 Å². The summed E-state index contributed by atoms with van der Waals surface area (Å²) in [5.74, 6) is 1.15. The van der Waals surface area contributed by atoms with Crippen LogP contribution in [0.3, 0.4) is 0 Å². The van der Waals surface area contributed by atoms with Gasteiger partial charge in [-0.15, -0.1) is 11.3 Å². The molecular formula is C21H25N5O4S2. The van der Waals surface area contributed by atoms with E-state index in [-0.39, 0.29) is 6.54 Å². The van der Waals surface area contributed by atoms with Crippen molar-refractivity contribution in [1.29, 1.82) is 0 Å². The Kier molecular flexibility index (Phi) is 8.01. The molecule has 9 nitrogen and oxygen atoms in total. The Morgan fingerprint density at radius 1 is 1.25 bits per heavy atom. The maximum Gasteiger partial charge on any atom is 0.269 e. The predicted octanol–water partition coefficient (Wildman–Crippen LogP) is 3.56. The summed E-state index contributed by atoms with van der Waals surface area (Å²) in [7, 11) is 1.51. The number of benzene rings is 1. The topological polar surface area (TPSA) is 110 Å². The molecule has 11 heteroatoms. The number of thiophene rings is 1. The van der Waals surface area contributed by atoms with Crippen molar-refractivity contribution in [2.24, 2.45) is 5.92 Å². The molecule has 1 aromatic carbocycles. The van der Waals surface area contributed by atoms with E-state index in [0.29, 0.717) is 40.2 Å². The van der Waals surface area contributed by atoms with Gasteiger partial charge in [0.15, 0.2) is 22.1 Å². The number of hydrazine groups is 1. The SMILES string of the molecule is COc1cc(C(=O)NNC(=O)Cn2c(-c3cccs3)n[nH]c2=S)ccc1OCCC(C)C. The number of carbonyl (C=O) groups is 2. The smallest absolute Gasteiger partial charge is 0.269 e. The van der Waals surface area contributed by atoms with Crippen molar-refractivity contribution in [3.63, 3.8) is 0 Å². The molecule has 2 amide bonds. The van der Waals surface area contributed by atoms with Gasteiger partial charge >= 0.3 is 0 Å². The van der Waals surface area contributed by atoms with Crippen molar-refractivity contribution in [2.45, 2.75) is 26.8 Å². The molecule has 2 aromatic heterocycles. The Morgan fingerprint density at radius 2 is 2.06 bits per heavy atom. The van der Waals surface area contributed by atoms with Crippen molar-refractivity contribution in [2.75, 3.05) is 13.7 Å². The minimum atomic E-state index is -0.486. The van der Waals surface area contributed by atoms with Crippen molar-refractivity contribution in [1.82, 2.24) is 25.6 Å². The van der Waals surface area contributed by atoms with Crippen LogP contribution >= 0.6 is 23.6 Å². The third-order valence-electron chi connectivity index (χ3n) is 4.50. The van der Waals surface area contributed by atoms with Gasteiger partial charge in [0.25, 0.3) is 11.8 Å². The lowest BCUT2D eigenvalue weighted by molar-refractivity contribution is -0.122. The Balaban J connectivity index is 1.59. The number of H-pyrrole nitrogens is 1. The highest BCUT2D eigenvalue weighted by Crippen LogP contribution is 2.28. The van der Waals surface area contributed by atoms with Gasteiger partial charge in [-0.25, -0.2) is 0 Å². The second-order valence-corrected chi connectivity index (χ2v) is 8.65. The highest BCUT2D eigenvalue weighted by molar-refractivity contribution is 7.71. The highest BCUT2D eigenvalue weighted by atomic mass is 32.1. The van der Waals surface area contributed by atoms with E-state index in [4.69, 9.17) is 21.7 Å². The van der Waals surface area contributed by atoms with Crippen LogP contribution in [0.5, 0.6) is 11.5 Å². The molecule has 0 spiro atoms. The summed E-state index contributed by atoms with van der Waals surface area (Å²) in [6, 6.07) is 8.61. The molecule has 0 aliphatic rings. The van der Waals surface area contributed by atoms with E-state index in [1.807, 2.05) is 17.5 Å². The number of rotatable bonds is 9. The van der Waals surface area contributed by atoms with E-state index in [1.165, 1.54) is 18.4 Å². The van der Waals surface area contributed by atoms with E-state index < -0.39 is 11.8 Å². The number of hydrogen-bond acceptors (Lipinski definition) is 7. The summed E-state index contributed by atoms with van der Waals surface area (Å²) in [5.41, 5.74) is 5.12. The number of amides is 2. The van der Waals surface area contributed by atoms with Crippen LogP contribution in [-0.2, 0) is 11.3 Å². The van der Waals surface area contributed by atoms with Gasteiger partial charge in [-0.3, -0.25) is 30.1 Å². The molecule has 3 aromatic rings. The monoisotopic (exact) mass is 475 g/mol. The van der Waals surface area contributed by atoms with Gasteiger partial charge in [0, 0.05) is 5.56 Å². The summed E-state index contributed by atoms with van der Waals surface area (Å²) < 4.78 is 12.9. The van der Waals surface area contributed by atoms with E-state index in [2.05, 4.69) is 34.9 Å². The van der Waals surface area contributed by atoms with Crippen molar-refractivity contribution >= 4 is 35.4 Å². The van der Waals surface area contributed by atoms with Crippen molar-refractivity contribution in [3.8, 4) is 22.2 Å². The van der Waals surface area contributed by atoms with Crippen LogP contribution in [0.25, 0.3) is 10.7 Å². The molecule has 0 atom stereocenters. The number of aromatic nitrogens is 3. The molecule has 170 valence electrons. The second kappa shape index (κ2) is 10.9. The minimum Gasteiger partial charge on any atom is -0.493 e. The van der Waals surface area contributed by atoms with Crippen LogP contribution in [0.4, 0.5) is 0 Å². The third kappa shape index (κ3) is 5.95. The summed E-state index contributed by atoms with van der Waals surface area (Å²) in [6.07, 6.45) is 0.909. The van der Waals surface area contributed by atoms with Crippen molar-refractivity contribution < 1.29 is 19.1 Å². The molecule has 0 fully saturated rings. The Hall–Kier alpha value is -3.18. The predicted molar refractivity (Wildman–Crippen MR) is 124 cm³/mol. The quantitative estimate of drug-likeness (QED) is 0.322. The molecule has 3 N–H and O–H groups in total. The highest BCUT2D eigenvalue weighted by Gasteiger charge is 2.15. The summed E-state index contributed by atoms with van der Waals surface area (Å²) in [6.45, 7) is 4.69. The zero-order valence-electron chi connectivity index (χ0n) is 18.0. The Morgan fingerprint density at radius 3 is 2.75 bits per heavy atom. The van der Waals surface area contributed by atoms with Crippen LogP contribution < -0.4 is 20.3 Å².